The predicted molar refractivity (Wildman–Crippen MR) is 54.1 cm³/mol. The highest BCUT2D eigenvalue weighted by molar-refractivity contribution is 5.48. The molecule has 0 aliphatic heterocycles. The zero-order valence-corrected chi connectivity index (χ0v) is 8.65. The molecule has 1 aromatic rings. The second kappa shape index (κ2) is 4.86. The Kier molecular flexibility index (Phi) is 3.77. The van der Waals surface area contributed by atoms with Gasteiger partial charge in [0.2, 0.25) is 0 Å². The molecule has 0 heterocycles. The Morgan fingerprint density at radius 3 is 2.57 bits per heavy atom. The Hall–Kier alpha value is -1.22. The van der Waals surface area contributed by atoms with Crippen molar-refractivity contribution in [1.82, 2.24) is 0 Å². The Labute approximate surface area is 84.3 Å². The maximum absolute atomic E-state index is 8.95. The maximum Gasteiger partial charge on any atom is 0.166 e. The van der Waals surface area contributed by atoms with Gasteiger partial charge in [0.25, 0.3) is 0 Å². The number of para-hydroxylation sites is 1. The molecule has 0 aromatic heterocycles. The first-order valence-corrected chi connectivity index (χ1v) is 4.50. The van der Waals surface area contributed by atoms with Crippen molar-refractivity contribution in [3.63, 3.8) is 0 Å². The van der Waals surface area contributed by atoms with Crippen LogP contribution in [0.5, 0.6) is 11.5 Å². The first-order valence-electron chi connectivity index (χ1n) is 4.50. The Morgan fingerprint density at radius 2 is 2.07 bits per heavy atom. The number of benzene rings is 1. The summed E-state index contributed by atoms with van der Waals surface area (Å²) in [5, 5.41) is 8.95. The second-order valence-corrected chi connectivity index (χ2v) is 3.17. The largest absolute Gasteiger partial charge is 0.492 e. The zero-order valence-electron chi connectivity index (χ0n) is 8.65. The van der Waals surface area contributed by atoms with Crippen LogP contribution >= 0.6 is 0 Å². The van der Waals surface area contributed by atoms with Gasteiger partial charge in [0.05, 0.1) is 13.2 Å². The first kappa shape index (κ1) is 10.9. The summed E-state index contributed by atoms with van der Waals surface area (Å²) in [6, 6.07) is 5.38. The quantitative estimate of drug-likeness (QED) is 0.801. The summed E-state index contributed by atoms with van der Waals surface area (Å²) in [4.78, 5) is 0. The van der Waals surface area contributed by atoms with Crippen LogP contribution in [0.2, 0.25) is 0 Å². The van der Waals surface area contributed by atoms with Crippen LogP contribution in [0.3, 0.4) is 0 Å². The Balaban J connectivity index is 3.02. The van der Waals surface area contributed by atoms with Crippen molar-refractivity contribution >= 4 is 0 Å². The van der Waals surface area contributed by atoms with Crippen LogP contribution in [0.15, 0.2) is 18.2 Å². The molecule has 14 heavy (non-hydrogen) atoms. The van der Waals surface area contributed by atoms with E-state index in [0.717, 1.165) is 6.61 Å². The van der Waals surface area contributed by atoms with E-state index >= 15 is 0 Å². The van der Waals surface area contributed by atoms with Gasteiger partial charge in [-0.1, -0.05) is 12.1 Å². The monoisotopic (exact) mass is 195 g/mol. The smallest absolute Gasteiger partial charge is 0.166 e. The van der Waals surface area contributed by atoms with Gasteiger partial charge >= 0.3 is 0 Å². The molecule has 0 spiro atoms. The van der Waals surface area contributed by atoms with Gasteiger partial charge in [-0.25, -0.2) is 0 Å². The fraction of sp³-hybridized carbons (Fsp3) is 0.364. The second-order valence-electron chi connectivity index (χ2n) is 3.17. The maximum atomic E-state index is 8.95. The van der Waals surface area contributed by atoms with E-state index in [2.05, 4.69) is 0 Å². The van der Waals surface area contributed by atoms with E-state index in [1.54, 1.807) is 13.2 Å². The minimum absolute atomic E-state index is 0.0813. The van der Waals surface area contributed by atoms with Crippen LogP contribution < -0.4 is 9.47 Å². The molecule has 1 aromatic carbocycles. The summed E-state index contributed by atoms with van der Waals surface area (Å²) in [5.74, 6) is 1.20. The molecule has 0 fully saturated rings. The van der Waals surface area contributed by atoms with Gasteiger partial charge in [0, 0.05) is 5.56 Å². The third-order valence-corrected chi connectivity index (χ3v) is 1.72. The third-order valence-electron chi connectivity index (χ3n) is 1.72. The van der Waals surface area contributed by atoms with Crippen LogP contribution in [0.1, 0.15) is 19.4 Å². The van der Waals surface area contributed by atoms with Crippen molar-refractivity contribution in [3.8, 4) is 11.5 Å². The fourth-order valence-electron chi connectivity index (χ4n) is 1.20. The standard InChI is InChI=1S/C11H15O3/c1-8(2)14-10-6-4-5-9(7-12)11(10)13-3/h4-8,12H,1-3H3. The van der Waals surface area contributed by atoms with Gasteiger partial charge < -0.3 is 14.6 Å². The molecular weight excluding hydrogens is 180 g/mol. The topological polar surface area (TPSA) is 38.7 Å². The van der Waals surface area contributed by atoms with Crippen molar-refractivity contribution < 1.29 is 14.6 Å². The SMILES string of the molecule is COc1c([CH]O)cccc1OC(C)C. The molecule has 0 saturated carbocycles. The molecule has 0 amide bonds. The summed E-state index contributed by atoms with van der Waals surface area (Å²) in [5.41, 5.74) is 0.616. The van der Waals surface area contributed by atoms with E-state index in [1.807, 2.05) is 26.0 Å². The number of ether oxygens (including phenoxy) is 2. The van der Waals surface area contributed by atoms with Gasteiger partial charge in [-0.2, -0.15) is 0 Å². The highest BCUT2D eigenvalue weighted by Gasteiger charge is 2.10. The van der Waals surface area contributed by atoms with Crippen LogP contribution in [0.25, 0.3) is 0 Å². The summed E-state index contributed by atoms with van der Waals surface area (Å²) in [7, 11) is 1.55. The highest BCUT2D eigenvalue weighted by Crippen LogP contribution is 2.32. The van der Waals surface area contributed by atoms with E-state index in [1.165, 1.54) is 0 Å². The van der Waals surface area contributed by atoms with Crippen LogP contribution in [0.4, 0.5) is 0 Å². The lowest BCUT2D eigenvalue weighted by Crippen LogP contribution is -2.07. The lowest BCUT2D eigenvalue weighted by molar-refractivity contribution is 0.229. The van der Waals surface area contributed by atoms with Crippen molar-refractivity contribution in [2.75, 3.05) is 7.11 Å². The molecule has 3 heteroatoms. The summed E-state index contributed by atoms with van der Waals surface area (Å²) >= 11 is 0. The summed E-state index contributed by atoms with van der Waals surface area (Å²) in [6.45, 7) is 4.88. The molecular formula is C11H15O3. The number of methoxy groups -OCH3 is 1. The molecule has 0 atom stereocenters. The number of hydrogen-bond acceptors (Lipinski definition) is 3. The summed E-state index contributed by atoms with van der Waals surface area (Å²) < 4.78 is 10.7. The number of aliphatic hydroxyl groups is 1. The van der Waals surface area contributed by atoms with Crippen molar-refractivity contribution in [1.29, 1.82) is 0 Å². The average molecular weight is 195 g/mol. The lowest BCUT2D eigenvalue weighted by atomic mass is 10.2. The first-order chi connectivity index (χ1) is 6.69. The van der Waals surface area contributed by atoms with Crippen LogP contribution in [-0.4, -0.2) is 18.3 Å². The average Bonchev–Trinajstić information content (AvgIpc) is 2.16. The van der Waals surface area contributed by atoms with E-state index < -0.39 is 0 Å². The van der Waals surface area contributed by atoms with Gasteiger partial charge in [0.1, 0.15) is 6.61 Å². The van der Waals surface area contributed by atoms with Crippen molar-refractivity contribution in [2.45, 2.75) is 20.0 Å². The van der Waals surface area contributed by atoms with Gasteiger partial charge in [-0.05, 0) is 19.9 Å². The molecule has 1 N–H and O–H groups in total. The number of aliphatic hydroxyl groups excluding tert-OH is 1. The molecule has 0 aliphatic rings. The molecule has 0 bridgehead atoms. The minimum atomic E-state index is 0.0813. The Morgan fingerprint density at radius 1 is 1.36 bits per heavy atom. The molecule has 1 radical (unpaired) electrons. The zero-order chi connectivity index (χ0) is 10.6. The highest BCUT2D eigenvalue weighted by atomic mass is 16.5. The van der Waals surface area contributed by atoms with Crippen molar-refractivity contribution in [2.24, 2.45) is 0 Å². The van der Waals surface area contributed by atoms with Crippen molar-refractivity contribution in [3.05, 3.63) is 30.4 Å². The van der Waals surface area contributed by atoms with Gasteiger partial charge in [-0.15, -0.1) is 0 Å². The van der Waals surface area contributed by atoms with E-state index in [4.69, 9.17) is 14.6 Å². The molecule has 77 valence electrons. The fourth-order valence-corrected chi connectivity index (χ4v) is 1.20. The lowest BCUT2D eigenvalue weighted by Gasteiger charge is -2.15. The molecule has 3 nitrogen and oxygen atoms in total. The van der Waals surface area contributed by atoms with Gasteiger partial charge in [-0.3, -0.25) is 0 Å². The van der Waals surface area contributed by atoms with Crippen LogP contribution in [-0.2, 0) is 0 Å². The Bertz CT molecular complexity index is 295. The third kappa shape index (κ3) is 2.39. The van der Waals surface area contributed by atoms with E-state index in [0.29, 0.717) is 17.1 Å². The number of hydrogen-bond donors (Lipinski definition) is 1. The van der Waals surface area contributed by atoms with E-state index in [9.17, 15) is 0 Å². The van der Waals surface area contributed by atoms with E-state index in [-0.39, 0.29) is 6.10 Å². The molecule has 0 saturated heterocycles. The van der Waals surface area contributed by atoms with Crippen LogP contribution in [0, 0.1) is 6.61 Å². The predicted octanol–water partition coefficient (Wildman–Crippen LogP) is 2.36. The van der Waals surface area contributed by atoms with Gasteiger partial charge in [0.15, 0.2) is 11.5 Å². The molecule has 0 aliphatic carbocycles. The molecule has 0 unspecified atom stereocenters. The normalized spacial score (nSPS) is 10.4. The number of rotatable bonds is 4. The summed E-state index contributed by atoms with van der Waals surface area (Å²) in [6.07, 6.45) is 0.0813. The minimum Gasteiger partial charge on any atom is -0.492 e. The molecule has 1 rings (SSSR count).